The number of rotatable bonds is 6. The number of urea groups is 1. The van der Waals surface area contributed by atoms with E-state index in [0.29, 0.717) is 46.5 Å². The van der Waals surface area contributed by atoms with Crippen LogP contribution in [0.3, 0.4) is 0 Å². The van der Waals surface area contributed by atoms with Crippen molar-refractivity contribution in [3.05, 3.63) is 65.5 Å². The van der Waals surface area contributed by atoms with Crippen LogP contribution in [-0.2, 0) is 11.3 Å². The van der Waals surface area contributed by atoms with Gasteiger partial charge >= 0.3 is 6.03 Å². The fourth-order valence-corrected chi connectivity index (χ4v) is 3.93. The summed E-state index contributed by atoms with van der Waals surface area (Å²) < 4.78 is 12.4. The van der Waals surface area contributed by atoms with E-state index >= 15 is 0 Å². The molecular formula is C22H20N4O5S. The number of benzene rings is 2. The predicted molar refractivity (Wildman–Crippen MR) is 122 cm³/mol. The maximum Gasteiger partial charge on any atom is 0.325 e. The van der Waals surface area contributed by atoms with Gasteiger partial charge in [-0.3, -0.25) is 19.5 Å². The second kappa shape index (κ2) is 9.56. The minimum Gasteiger partial charge on any atom is -0.486 e. The zero-order valence-corrected chi connectivity index (χ0v) is 17.8. The molecule has 2 N–H and O–H groups in total. The Morgan fingerprint density at radius 2 is 1.94 bits per heavy atom. The Labute approximate surface area is 187 Å². The van der Waals surface area contributed by atoms with E-state index in [2.05, 4.69) is 22.2 Å². The van der Waals surface area contributed by atoms with Crippen molar-refractivity contribution in [2.45, 2.75) is 11.7 Å². The van der Waals surface area contributed by atoms with E-state index in [1.165, 1.54) is 4.57 Å². The second-order valence-electron chi connectivity index (χ2n) is 6.77. The van der Waals surface area contributed by atoms with Crippen LogP contribution in [0.25, 0.3) is 10.9 Å². The van der Waals surface area contributed by atoms with Crippen molar-refractivity contribution in [1.29, 1.82) is 0 Å². The van der Waals surface area contributed by atoms with Crippen LogP contribution in [0, 0.1) is 0 Å². The lowest BCUT2D eigenvalue weighted by Crippen LogP contribution is -2.35. The van der Waals surface area contributed by atoms with E-state index in [-0.39, 0.29) is 17.9 Å². The first kappa shape index (κ1) is 21.4. The highest BCUT2D eigenvalue weighted by Crippen LogP contribution is 2.32. The van der Waals surface area contributed by atoms with Crippen molar-refractivity contribution in [3.8, 4) is 11.5 Å². The summed E-state index contributed by atoms with van der Waals surface area (Å²) in [5.41, 5.74) is 0.787. The molecule has 0 fully saturated rings. The number of para-hydroxylation sites is 1. The van der Waals surface area contributed by atoms with Crippen molar-refractivity contribution in [1.82, 2.24) is 14.9 Å². The summed E-state index contributed by atoms with van der Waals surface area (Å²) in [5.74, 6) is 0.496. The smallest absolute Gasteiger partial charge is 0.325 e. The Kier molecular flexibility index (Phi) is 6.41. The Bertz CT molecular complexity index is 1260. The summed E-state index contributed by atoms with van der Waals surface area (Å²) in [7, 11) is 0. The molecule has 0 aliphatic carbocycles. The standard InChI is InChI=1S/C22H20N4O5S/c1-2-9-26-20(28)15-5-3-4-6-16(15)24-22(26)32-13-19(27)25-21(29)23-14-7-8-17-18(12-14)31-11-10-30-17/h2-8,12H,1,9-11,13H2,(H2,23,25,27,29). The van der Waals surface area contributed by atoms with Gasteiger partial charge in [0.15, 0.2) is 16.7 Å². The van der Waals surface area contributed by atoms with Crippen LogP contribution in [0.1, 0.15) is 0 Å². The molecule has 3 aromatic rings. The minimum atomic E-state index is -0.678. The Hall–Kier alpha value is -3.79. The fourth-order valence-electron chi connectivity index (χ4n) is 3.12. The molecule has 1 aromatic heterocycles. The third kappa shape index (κ3) is 4.75. The maximum atomic E-state index is 12.7. The minimum absolute atomic E-state index is 0.101. The number of fused-ring (bicyclic) bond motifs is 2. The molecule has 9 nitrogen and oxygen atoms in total. The fraction of sp³-hybridized carbons (Fsp3) is 0.182. The van der Waals surface area contributed by atoms with E-state index in [1.807, 2.05) is 0 Å². The zero-order chi connectivity index (χ0) is 22.5. The number of thioether (sulfide) groups is 1. The molecule has 1 aliphatic heterocycles. The number of imide groups is 1. The number of nitrogens with one attached hydrogen (secondary N) is 2. The van der Waals surface area contributed by atoms with Crippen LogP contribution >= 0.6 is 11.8 Å². The number of ether oxygens (including phenoxy) is 2. The lowest BCUT2D eigenvalue weighted by Gasteiger charge is -2.19. The molecule has 4 rings (SSSR count). The first-order valence-electron chi connectivity index (χ1n) is 9.79. The van der Waals surface area contributed by atoms with Crippen molar-refractivity contribution in [2.75, 3.05) is 24.3 Å². The third-order valence-corrected chi connectivity index (χ3v) is 5.50. The topological polar surface area (TPSA) is 112 Å². The van der Waals surface area contributed by atoms with E-state index in [0.717, 1.165) is 11.8 Å². The molecule has 0 saturated heterocycles. The third-order valence-electron chi connectivity index (χ3n) is 4.52. The van der Waals surface area contributed by atoms with E-state index < -0.39 is 11.9 Å². The van der Waals surface area contributed by atoms with E-state index in [1.54, 1.807) is 48.5 Å². The van der Waals surface area contributed by atoms with Gasteiger partial charge in [0.05, 0.1) is 16.7 Å². The predicted octanol–water partition coefficient (Wildman–Crippen LogP) is 2.79. The highest BCUT2D eigenvalue weighted by Gasteiger charge is 2.16. The second-order valence-corrected chi connectivity index (χ2v) is 7.71. The number of nitrogens with zero attached hydrogens (tertiary/aromatic N) is 2. The summed E-state index contributed by atoms with van der Waals surface area (Å²) in [5, 5.41) is 5.71. The van der Waals surface area contributed by atoms with Crippen LogP contribution in [0.2, 0.25) is 0 Å². The van der Waals surface area contributed by atoms with Gasteiger partial charge in [0.2, 0.25) is 5.91 Å². The van der Waals surface area contributed by atoms with E-state index in [4.69, 9.17) is 9.47 Å². The van der Waals surface area contributed by atoms with Crippen LogP contribution in [-0.4, -0.2) is 40.5 Å². The number of allylic oxidation sites excluding steroid dienone is 1. The highest BCUT2D eigenvalue weighted by molar-refractivity contribution is 7.99. The van der Waals surface area contributed by atoms with Gasteiger partial charge in [0, 0.05) is 18.3 Å². The average molecular weight is 452 g/mol. The normalized spacial score (nSPS) is 12.2. The van der Waals surface area contributed by atoms with Gasteiger partial charge in [0.25, 0.3) is 5.56 Å². The molecule has 0 saturated carbocycles. The largest absolute Gasteiger partial charge is 0.486 e. The molecule has 164 valence electrons. The summed E-state index contributed by atoms with van der Waals surface area (Å²) >= 11 is 1.07. The van der Waals surface area contributed by atoms with Crippen molar-refractivity contribution in [3.63, 3.8) is 0 Å². The van der Waals surface area contributed by atoms with Crippen molar-refractivity contribution in [2.24, 2.45) is 0 Å². The maximum absolute atomic E-state index is 12.7. The van der Waals surface area contributed by atoms with Crippen molar-refractivity contribution < 1.29 is 19.1 Å². The SMILES string of the molecule is C=CCn1c(SCC(=O)NC(=O)Nc2ccc3c(c2)OCCO3)nc2ccccc2c1=O. The Balaban J connectivity index is 1.40. The first-order chi connectivity index (χ1) is 15.5. The summed E-state index contributed by atoms with van der Waals surface area (Å²) in [6.07, 6.45) is 1.59. The Morgan fingerprint density at radius 3 is 2.75 bits per heavy atom. The van der Waals surface area contributed by atoms with Crippen molar-refractivity contribution >= 4 is 40.3 Å². The van der Waals surface area contributed by atoms with Crippen LogP contribution in [0.5, 0.6) is 11.5 Å². The molecule has 32 heavy (non-hydrogen) atoms. The van der Waals surface area contributed by atoms with Gasteiger partial charge in [0.1, 0.15) is 13.2 Å². The van der Waals surface area contributed by atoms with Gasteiger partial charge in [-0.15, -0.1) is 6.58 Å². The lowest BCUT2D eigenvalue weighted by atomic mass is 10.2. The van der Waals surface area contributed by atoms with Crippen LogP contribution in [0.15, 0.2) is 65.1 Å². The molecule has 2 aromatic carbocycles. The number of carbonyl (C=O) groups is 2. The molecule has 0 atom stereocenters. The summed E-state index contributed by atoms with van der Waals surface area (Å²) in [4.78, 5) is 41.7. The summed E-state index contributed by atoms with van der Waals surface area (Å²) in [6.45, 7) is 4.83. The average Bonchev–Trinajstić information content (AvgIpc) is 2.79. The van der Waals surface area contributed by atoms with Crippen LogP contribution < -0.4 is 25.7 Å². The molecular weight excluding hydrogens is 432 g/mol. The van der Waals surface area contributed by atoms with Crippen LogP contribution in [0.4, 0.5) is 10.5 Å². The molecule has 0 bridgehead atoms. The van der Waals surface area contributed by atoms with Gasteiger partial charge in [-0.05, 0) is 24.3 Å². The highest BCUT2D eigenvalue weighted by atomic mass is 32.2. The van der Waals surface area contributed by atoms with Gasteiger partial charge in [-0.25, -0.2) is 9.78 Å². The van der Waals surface area contributed by atoms with Gasteiger partial charge < -0.3 is 14.8 Å². The number of hydrogen-bond donors (Lipinski definition) is 2. The zero-order valence-electron chi connectivity index (χ0n) is 17.0. The number of aromatic nitrogens is 2. The first-order valence-corrected chi connectivity index (χ1v) is 10.8. The number of anilines is 1. The van der Waals surface area contributed by atoms with Gasteiger partial charge in [-0.2, -0.15) is 0 Å². The monoisotopic (exact) mass is 452 g/mol. The molecule has 10 heteroatoms. The summed E-state index contributed by atoms with van der Waals surface area (Å²) in [6, 6.07) is 11.3. The molecule has 2 heterocycles. The number of hydrogen-bond acceptors (Lipinski definition) is 7. The van der Waals surface area contributed by atoms with Gasteiger partial charge in [-0.1, -0.05) is 30.0 Å². The molecule has 0 unspecified atom stereocenters. The quantitative estimate of drug-likeness (QED) is 0.336. The Morgan fingerprint density at radius 1 is 1.16 bits per heavy atom. The molecule has 3 amide bonds. The molecule has 0 radical (unpaired) electrons. The molecule has 1 aliphatic rings. The van der Waals surface area contributed by atoms with E-state index in [9.17, 15) is 14.4 Å². The molecule has 0 spiro atoms. The number of carbonyl (C=O) groups excluding carboxylic acids is 2. The number of amides is 3. The lowest BCUT2D eigenvalue weighted by molar-refractivity contribution is -0.117.